The molecule has 0 fully saturated rings. The van der Waals surface area contributed by atoms with Crippen molar-refractivity contribution in [1.82, 2.24) is 9.88 Å². The summed E-state index contributed by atoms with van der Waals surface area (Å²) in [7, 11) is 3.16. The van der Waals surface area contributed by atoms with Crippen molar-refractivity contribution in [3.63, 3.8) is 0 Å². The number of carbonyl (C=O) groups is 1. The molecule has 2 aromatic rings. The van der Waals surface area contributed by atoms with Gasteiger partial charge < -0.3 is 9.88 Å². The fourth-order valence-corrected chi connectivity index (χ4v) is 1.67. The van der Waals surface area contributed by atoms with E-state index >= 15 is 0 Å². The molecule has 1 heterocycles. The molecule has 0 aliphatic carbocycles. The molecule has 0 spiro atoms. The van der Waals surface area contributed by atoms with E-state index in [1.54, 1.807) is 14.1 Å². The molecule has 0 aliphatic heterocycles. The number of H-pyrrole nitrogens is 1. The molecular formula is C12H11F3N2O. The molecule has 0 aliphatic rings. The summed E-state index contributed by atoms with van der Waals surface area (Å²) in [5.74, 6) is -0.278. The van der Waals surface area contributed by atoms with E-state index in [-0.39, 0.29) is 11.6 Å². The number of amides is 1. The second kappa shape index (κ2) is 4.04. The highest BCUT2D eigenvalue weighted by Crippen LogP contribution is 2.31. The van der Waals surface area contributed by atoms with Crippen LogP contribution < -0.4 is 0 Å². The highest BCUT2D eigenvalue weighted by Gasteiger charge is 2.30. The van der Waals surface area contributed by atoms with Crippen molar-refractivity contribution in [2.24, 2.45) is 0 Å². The van der Waals surface area contributed by atoms with Gasteiger partial charge in [0, 0.05) is 25.0 Å². The Hall–Kier alpha value is -1.98. The first kappa shape index (κ1) is 12.5. The van der Waals surface area contributed by atoms with Gasteiger partial charge >= 0.3 is 6.18 Å². The van der Waals surface area contributed by atoms with Crippen LogP contribution in [0.1, 0.15) is 16.1 Å². The third-order valence-electron chi connectivity index (χ3n) is 2.58. The number of benzene rings is 1. The van der Waals surface area contributed by atoms with Crippen LogP contribution in [-0.4, -0.2) is 29.9 Å². The van der Waals surface area contributed by atoms with Crippen LogP contribution in [0.3, 0.4) is 0 Å². The van der Waals surface area contributed by atoms with E-state index < -0.39 is 11.7 Å². The fraction of sp³-hybridized carbons (Fsp3) is 0.250. The SMILES string of the molecule is CN(C)C(=O)c1cc2cc(C(F)(F)F)ccc2[nH]1. The van der Waals surface area contributed by atoms with E-state index in [2.05, 4.69) is 4.98 Å². The molecule has 0 saturated heterocycles. The standard InChI is InChI=1S/C12H11F3N2O/c1-17(2)11(18)10-6-7-5-8(12(13,14)15)3-4-9(7)16-10/h3-6,16H,1-2H3. The van der Waals surface area contributed by atoms with Crippen molar-refractivity contribution in [1.29, 1.82) is 0 Å². The normalized spacial score (nSPS) is 11.8. The number of carbonyl (C=O) groups excluding carboxylic acids is 1. The van der Waals surface area contributed by atoms with Gasteiger partial charge in [-0.25, -0.2) is 0 Å². The van der Waals surface area contributed by atoms with Gasteiger partial charge in [-0.15, -0.1) is 0 Å². The maximum Gasteiger partial charge on any atom is 0.416 e. The quantitative estimate of drug-likeness (QED) is 0.836. The molecular weight excluding hydrogens is 245 g/mol. The van der Waals surface area contributed by atoms with Crippen LogP contribution in [0.2, 0.25) is 0 Å². The molecule has 3 nitrogen and oxygen atoms in total. The lowest BCUT2D eigenvalue weighted by molar-refractivity contribution is -0.137. The Morgan fingerprint density at radius 2 is 1.89 bits per heavy atom. The number of aromatic nitrogens is 1. The Kier molecular flexibility index (Phi) is 2.80. The Bertz CT molecular complexity index is 599. The predicted octanol–water partition coefficient (Wildman–Crippen LogP) is 2.89. The predicted molar refractivity (Wildman–Crippen MR) is 61.3 cm³/mol. The molecule has 0 saturated carbocycles. The van der Waals surface area contributed by atoms with Crippen LogP contribution in [0.5, 0.6) is 0 Å². The Morgan fingerprint density at radius 1 is 1.22 bits per heavy atom. The van der Waals surface area contributed by atoms with Crippen molar-refractivity contribution in [2.75, 3.05) is 14.1 Å². The van der Waals surface area contributed by atoms with Gasteiger partial charge in [-0.2, -0.15) is 13.2 Å². The summed E-state index contributed by atoms with van der Waals surface area (Å²) in [6.45, 7) is 0. The van der Waals surface area contributed by atoms with Crippen LogP contribution in [0.25, 0.3) is 10.9 Å². The molecule has 2 rings (SSSR count). The second-order valence-electron chi connectivity index (χ2n) is 4.18. The van der Waals surface area contributed by atoms with Crippen molar-refractivity contribution in [2.45, 2.75) is 6.18 Å². The molecule has 1 amide bonds. The maximum atomic E-state index is 12.5. The number of fused-ring (bicyclic) bond motifs is 1. The molecule has 0 radical (unpaired) electrons. The van der Waals surface area contributed by atoms with Crippen LogP contribution >= 0.6 is 0 Å². The summed E-state index contributed by atoms with van der Waals surface area (Å²) in [6, 6.07) is 4.76. The number of halogens is 3. The van der Waals surface area contributed by atoms with E-state index in [4.69, 9.17) is 0 Å². The van der Waals surface area contributed by atoms with Gasteiger partial charge in [0.15, 0.2) is 0 Å². The van der Waals surface area contributed by atoms with Crippen LogP contribution in [0, 0.1) is 0 Å². The Balaban J connectivity index is 2.50. The van der Waals surface area contributed by atoms with Gasteiger partial charge in [0.1, 0.15) is 5.69 Å². The van der Waals surface area contributed by atoms with Crippen LogP contribution in [0.4, 0.5) is 13.2 Å². The summed E-state index contributed by atoms with van der Waals surface area (Å²) in [6.07, 6.45) is -4.38. The van der Waals surface area contributed by atoms with Crippen molar-refractivity contribution < 1.29 is 18.0 Å². The number of hydrogen-bond acceptors (Lipinski definition) is 1. The Labute approximate surface area is 101 Å². The highest BCUT2D eigenvalue weighted by atomic mass is 19.4. The highest BCUT2D eigenvalue weighted by molar-refractivity contribution is 5.97. The molecule has 1 N–H and O–H groups in total. The summed E-state index contributed by atoms with van der Waals surface area (Å²) in [4.78, 5) is 15.8. The van der Waals surface area contributed by atoms with Gasteiger partial charge in [-0.05, 0) is 24.3 Å². The summed E-state index contributed by atoms with van der Waals surface area (Å²) >= 11 is 0. The molecule has 1 aromatic carbocycles. The van der Waals surface area contributed by atoms with E-state index in [1.165, 1.54) is 17.0 Å². The summed E-state index contributed by atoms with van der Waals surface area (Å²) in [5.41, 5.74) is 0.0559. The van der Waals surface area contributed by atoms with Gasteiger partial charge in [-0.1, -0.05) is 0 Å². The molecule has 0 atom stereocenters. The first-order chi connectivity index (χ1) is 8.29. The van der Waals surface area contributed by atoms with Gasteiger partial charge in [0.25, 0.3) is 5.91 Å². The second-order valence-corrected chi connectivity index (χ2v) is 4.18. The average Bonchev–Trinajstić information content (AvgIpc) is 2.68. The number of rotatable bonds is 1. The first-order valence-corrected chi connectivity index (χ1v) is 5.20. The van der Waals surface area contributed by atoms with Crippen molar-refractivity contribution >= 4 is 16.8 Å². The van der Waals surface area contributed by atoms with E-state index in [9.17, 15) is 18.0 Å². The molecule has 0 bridgehead atoms. The minimum atomic E-state index is -4.38. The zero-order chi connectivity index (χ0) is 13.5. The van der Waals surface area contributed by atoms with Crippen molar-refractivity contribution in [3.8, 4) is 0 Å². The molecule has 1 aromatic heterocycles. The zero-order valence-corrected chi connectivity index (χ0v) is 9.80. The Morgan fingerprint density at radius 3 is 2.44 bits per heavy atom. The van der Waals surface area contributed by atoms with Gasteiger partial charge in [-0.3, -0.25) is 4.79 Å². The maximum absolute atomic E-state index is 12.5. The van der Waals surface area contributed by atoms with E-state index in [1.807, 2.05) is 0 Å². The third kappa shape index (κ3) is 2.18. The number of nitrogens with one attached hydrogen (secondary N) is 1. The third-order valence-corrected chi connectivity index (χ3v) is 2.58. The summed E-state index contributed by atoms with van der Waals surface area (Å²) < 4.78 is 37.6. The first-order valence-electron chi connectivity index (χ1n) is 5.20. The zero-order valence-electron chi connectivity index (χ0n) is 9.80. The lowest BCUT2D eigenvalue weighted by Gasteiger charge is -2.07. The van der Waals surface area contributed by atoms with E-state index in [0.29, 0.717) is 10.9 Å². The molecule has 96 valence electrons. The average molecular weight is 256 g/mol. The van der Waals surface area contributed by atoms with Crippen molar-refractivity contribution in [3.05, 3.63) is 35.5 Å². The monoisotopic (exact) mass is 256 g/mol. The van der Waals surface area contributed by atoms with Crippen LogP contribution in [0.15, 0.2) is 24.3 Å². The van der Waals surface area contributed by atoms with E-state index in [0.717, 1.165) is 12.1 Å². The largest absolute Gasteiger partial charge is 0.416 e. The van der Waals surface area contributed by atoms with Crippen LogP contribution in [-0.2, 0) is 6.18 Å². The molecule has 6 heteroatoms. The lowest BCUT2D eigenvalue weighted by Crippen LogP contribution is -2.21. The number of hydrogen-bond donors (Lipinski definition) is 1. The fourth-order valence-electron chi connectivity index (χ4n) is 1.67. The molecule has 0 unspecified atom stereocenters. The summed E-state index contributed by atoms with van der Waals surface area (Å²) in [5, 5.41) is 0.370. The number of alkyl halides is 3. The van der Waals surface area contributed by atoms with Gasteiger partial charge in [0.05, 0.1) is 5.56 Å². The topological polar surface area (TPSA) is 36.1 Å². The van der Waals surface area contributed by atoms with Gasteiger partial charge in [0.2, 0.25) is 0 Å². The minimum absolute atomic E-state index is 0.273. The smallest absolute Gasteiger partial charge is 0.351 e. The lowest BCUT2D eigenvalue weighted by atomic mass is 10.1. The number of nitrogens with zero attached hydrogens (tertiary/aromatic N) is 1. The minimum Gasteiger partial charge on any atom is -0.351 e. The molecule has 18 heavy (non-hydrogen) atoms. The number of aromatic amines is 1.